The Balaban J connectivity index is 0.000000553. The molecule has 0 unspecified atom stereocenters. The second-order valence-corrected chi connectivity index (χ2v) is 10.9. The van der Waals surface area contributed by atoms with Gasteiger partial charge in [0, 0.05) is 25.4 Å². The lowest BCUT2D eigenvalue weighted by Gasteiger charge is -2.18. The molecule has 11 heteroatoms. The van der Waals surface area contributed by atoms with E-state index in [4.69, 9.17) is 16.8 Å². The molecule has 0 aromatic carbocycles. The number of hydrogen-bond acceptors (Lipinski definition) is 8. The largest absolute Gasteiger partial charge is 0.366 e. The van der Waals surface area contributed by atoms with E-state index >= 15 is 0 Å². The summed E-state index contributed by atoms with van der Waals surface area (Å²) in [4.78, 5) is 18.7. The first-order chi connectivity index (χ1) is 14.2. The predicted molar refractivity (Wildman–Crippen MR) is 132 cm³/mol. The molecule has 2 heterocycles. The van der Waals surface area contributed by atoms with Crippen LogP contribution in [-0.4, -0.2) is 88.7 Å². The molecule has 2 aliphatic rings. The molecule has 172 valence electrons. The number of hydrogen-bond donors (Lipinski definition) is 1. The highest BCUT2D eigenvalue weighted by Gasteiger charge is 2.30. The first-order valence-electron chi connectivity index (χ1n) is 10.2. The van der Waals surface area contributed by atoms with Crippen molar-refractivity contribution in [3.8, 4) is 0 Å². The van der Waals surface area contributed by atoms with Crippen molar-refractivity contribution in [2.45, 2.75) is 34.1 Å². The number of rotatable bonds is 9. The molecule has 2 rings (SSSR count). The number of carbonyl (C=O) groups is 1. The SMILES string of the molecule is CCN(CC)CC.CCN1C(=O)/C(=C/C=C2\SCCN2CCCS(=O)(=O)O)SC1=S. The van der Waals surface area contributed by atoms with E-state index in [1.54, 1.807) is 22.7 Å². The van der Waals surface area contributed by atoms with Gasteiger partial charge in [-0.3, -0.25) is 14.2 Å². The van der Waals surface area contributed by atoms with Crippen molar-refractivity contribution in [2.24, 2.45) is 0 Å². The van der Waals surface area contributed by atoms with Gasteiger partial charge in [0.2, 0.25) is 0 Å². The van der Waals surface area contributed by atoms with Crippen LogP contribution in [0.5, 0.6) is 0 Å². The van der Waals surface area contributed by atoms with Crippen LogP contribution in [0.3, 0.4) is 0 Å². The van der Waals surface area contributed by atoms with Crippen LogP contribution in [0.25, 0.3) is 0 Å². The zero-order chi connectivity index (χ0) is 22.7. The zero-order valence-electron chi connectivity index (χ0n) is 18.2. The second-order valence-electron chi connectivity index (χ2n) is 6.55. The van der Waals surface area contributed by atoms with Crippen LogP contribution < -0.4 is 0 Å². The van der Waals surface area contributed by atoms with Crippen molar-refractivity contribution in [1.82, 2.24) is 14.7 Å². The first kappa shape index (κ1) is 27.4. The molecular formula is C19H33N3O4S4. The smallest absolute Gasteiger partial charge is 0.266 e. The Hall–Kier alpha value is -0.590. The lowest BCUT2D eigenvalue weighted by Crippen LogP contribution is -2.27. The van der Waals surface area contributed by atoms with Gasteiger partial charge in [-0.05, 0) is 45.1 Å². The number of nitrogens with zero attached hydrogens (tertiary/aromatic N) is 3. The lowest BCUT2D eigenvalue weighted by molar-refractivity contribution is -0.122. The fourth-order valence-electron chi connectivity index (χ4n) is 2.88. The van der Waals surface area contributed by atoms with Crippen molar-refractivity contribution in [1.29, 1.82) is 0 Å². The molecule has 0 saturated carbocycles. The molecule has 0 radical (unpaired) electrons. The summed E-state index contributed by atoms with van der Waals surface area (Å²) in [5, 5.41) is 1.00. The Morgan fingerprint density at radius 3 is 2.27 bits per heavy atom. The highest BCUT2D eigenvalue weighted by atomic mass is 32.2. The minimum absolute atomic E-state index is 0.0692. The minimum Gasteiger partial charge on any atom is -0.366 e. The molecule has 7 nitrogen and oxygen atoms in total. The lowest BCUT2D eigenvalue weighted by atomic mass is 10.4. The van der Waals surface area contributed by atoms with E-state index in [0.717, 1.165) is 17.3 Å². The molecule has 0 spiro atoms. The van der Waals surface area contributed by atoms with Gasteiger partial charge in [0.15, 0.2) is 0 Å². The molecular weight excluding hydrogens is 462 g/mol. The average molecular weight is 496 g/mol. The normalized spacial score (nSPS) is 19.9. The van der Waals surface area contributed by atoms with Crippen LogP contribution >= 0.6 is 35.7 Å². The predicted octanol–water partition coefficient (Wildman–Crippen LogP) is 3.27. The maximum Gasteiger partial charge on any atom is 0.266 e. The highest BCUT2D eigenvalue weighted by molar-refractivity contribution is 8.26. The first-order valence-corrected chi connectivity index (χ1v) is 14.0. The average Bonchev–Trinajstić information content (AvgIpc) is 3.24. The van der Waals surface area contributed by atoms with Crippen LogP contribution in [0.1, 0.15) is 34.1 Å². The molecule has 1 amide bonds. The van der Waals surface area contributed by atoms with Crippen LogP contribution in [0, 0.1) is 0 Å². The summed E-state index contributed by atoms with van der Waals surface area (Å²) >= 11 is 8.13. The number of carbonyl (C=O) groups excluding carboxylic acids is 1. The molecule has 2 saturated heterocycles. The number of amides is 1. The van der Waals surface area contributed by atoms with E-state index in [9.17, 15) is 13.2 Å². The maximum atomic E-state index is 12.1. The number of thiocarbonyl (C=S) groups is 1. The van der Waals surface area contributed by atoms with E-state index in [-0.39, 0.29) is 11.7 Å². The summed E-state index contributed by atoms with van der Waals surface area (Å²) in [5.41, 5.74) is 0. The van der Waals surface area contributed by atoms with Crippen molar-refractivity contribution in [2.75, 3.05) is 50.8 Å². The van der Waals surface area contributed by atoms with Crippen LogP contribution in [0.2, 0.25) is 0 Å². The molecule has 0 atom stereocenters. The summed E-state index contributed by atoms with van der Waals surface area (Å²) in [6.07, 6.45) is 4.03. The molecule has 0 aromatic heterocycles. The molecule has 0 aliphatic carbocycles. The molecule has 0 bridgehead atoms. The van der Waals surface area contributed by atoms with E-state index in [1.165, 1.54) is 31.4 Å². The van der Waals surface area contributed by atoms with Crippen LogP contribution in [0.15, 0.2) is 22.1 Å². The molecule has 0 aromatic rings. The van der Waals surface area contributed by atoms with Crippen molar-refractivity contribution in [3.63, 3.8) is 0 Å². The quantitative estimate of drug-likeness (QED) is 0.294. The zero-order valence-corrected chi connectivity index (χ0v) is 21.4. The number of likely N-dealkylation sites (N-methyl/N-ethyl adjacent to an activating group) is 1. The van der Waals surface area contributed by atoms with Gasteiger partial charge < -0.3 is 9.80 Å². The maximum absolute atomic E-state index is 12.1. The fourth-order valence-corrected chi connectivity index (χ4v) is 5.75. The molecule has 2 fully saturated rings. The van der Waals surface area contributed by atoms with Crippen LogP contribution in [-0.2, 0) is 14.9 Å². The van der Waals surface area contributed by atoms with Gasteiger partial charge in [0.25, 0.3) is 16.0 Å². The van der Waals surface area contributed by atoms with E-state index in [1.807, 2.05) is 13.0 Å². The van der Waals surface area contributed by atoms with Gasteiger partial charge in [0.05, 0.1) is 15.7 Å². The Kier molecular flexibility index (Phi) is 12.6. The van der Waals surface area contributed by atoms with E-state index < -0.39 is 10.1 Å². The van der Waals surface area contributed by atoms with Crippen LogP contribution in [0.4, 0.5) is 0 Å². The van der Waals surface area contributed by atoms with E-state index in [2.05, 4.69) is 30.6 Å². The Labute approximate surface area is 195 Å². The summed E-state index contributed by atoms with van der Waals surface area (Å²) < 4.78 is 30.9. The Morgan fingerprint density at radius 1 is 1.17 bits per heavy atom. The highest BCUT2D eigenvalue weighted by Crippen LogP contribution is 2.32. The van der Waals surface area contributed by atoms with E-state index in [0.29, 0.717) is 28.7 Å². The van der Waals surface area contributed by atoms with Gasteiger partial charge >= 0.3 is 0 Å². The number of thioether (sulfide) groups is 2. The molecule has 2 aliphatic heterocycles. The third-order valence-electron chi connectivity index (χ3n) is 4.66. The van der Waals surface area contributed by atoms with Crippen molar-refractivity contribution in [3.05, 3.63) is 22.1 Å². The second kappa shape index (κ2) is 13.7. The van der Waals surface area contributed by atoms with Gasteiger partial charge in [-0.25, -0.2) is 0 Å². The summed E-state index contributed by atoms with van der Waals surface area (Å²) in [7, 11) is -3.91. The topological polar surface area (TPSA) is 81.2 Å². The van der Waals surface area contributed by atoms with Gasteiger partial charge in [-0.1, -0.05) is 44.8 Å². The summed E-state index contributed by atoms with van der Waals surface area (Å²) in [6.45, 7) is 14.0. The summed E-state index contributed by atoms with van der Waals surface area (Å²) in [5.74, 6) is 0.609. The molecule has 30 heavy (non-hydrogen) atoms. The molecule has 1 N–H and O–H groups in total. The van der Waals surface area contributed by atoms with Crippen molar-refractivity contribution < 1.29 is 17.8 Å². The van der Waals surface area contributed by atoms with Gasteiger partial charge in [-0.2, -0.15) is 8.42 Å². The Bertz CT molecular complexity index is 743. The third-order valence-corrected chi connectivity index (χ3v) is 7.94. The minimum atomic E-state index is -3.91. The van der Waals surface area contributed by atoms with Crippen molar-refractivity contribution >= 4 is 56.1 Å². The standard InChI is InChI=1S/C13H18N2O4S4.C6H15N/c1-2-15-12(16)10(22-13(15)20)4-5-11-14(7-8-21-11)6-3-9-23(17,18)19;1-4-7(5-2)6-3/h4-5H,2-3,6-9H2,1H3,(H,17,18,19);4-6H2,1-3H3/b10-4-,11-5-;. The summed E-state index contributed by atoms with van der Waals surface area (Å²) in [6, 6.07) is 0. The fraction of sp³-hybridized carbons (Fsp3) is 0.684. The number of allylic oxidation sites excluding steroid dienone is 2. The van der Waals surface area contributed by atoms with Gasteiger partial charge in [0.1, 0.15) is 4.32 Å². The van der Waals surface area contributed by atoms with Gasteiger partial charge in [-0.15, -0.1) is 11.8 Å². The third kappa shape index (κ3) is 9.27. The monoisotopic (exact) mass is 495 g/mol. The Morgan fingerprint density at radius 2 is 1.80 bits per heavy atom.